The van der Waals surface area contributed by atoms with Gasteiger partial charge in [-0.3, -0.25) is 0 Å². The number of rotatable bonds is 10. The van der Waals surface area contributed by atoms with E-state index in [-0.39, 0.29) is 5.56 Å². The fourth-order valence-corrected chi connectivity index (χ4v) is 7.23. The number of unbranched alkanes of at least 4 members (excludes halogenated alkanes) is 1. The lowest BCUT2D eigenvalue weighted by atomic mass is 10.1. The zero-order chi connectivity index (χ0) is 23.0. The van der Waals surface area contributed by atoms with E-state index in [0.29, 0.717) is 23.5 Å². The molecule has 0 radical (unpaired) electrons. The molecular weight excluding hydrogens is 423 g/mol. The maximum atomic E-state index is 14.8. The van der Waals surface area contributed by atoms with Crippen LogP contribution in [-0.2, 0) is 14.1 Å². The molecule has 6 heteroatoms. The van der Waals surface area contributed by atoms with E-state index >= 15 is 0 Å². The first-order valence-corrected chi connectivity index (χ1v) is 12.5. The molecule has 0 aliphatic heterocycles. The fraction of sp³-hybridized carbons (Fsp3) is 0.231. The highest BCUT2D eigenvalue weighted by molar-refractivity contribution is 7.79. The molecule has 5 nitrogen and oxygen atoms in total. The summed E-state index contributed by atoms with van der Waals surface area (Å²) in [5.41, 5.74) is -0.653. The molecule has 2 atom stereocenters. The number of carboxylic acid groups (broad SMARTS) is 1. The van der Waals surface area contributed by atoms with Crippen molar-refractivity contribution in [1.29, 1.82) is 0 Å². The number of carbonyl (C=O) groups excluding carboxylic acids is 1. The van der Waals surface area contributed by atoms with Crippen molar-refractivity contribution in [1.82, 2.24) is 0 Å². The number of hydrogen-bond acceptors (Lipinski definition) is 4. The second kappa shape index (κ2) is 10.9. The summed E-state index contributed by atoms with van der Waals surface area (Å²) in [6.45, 7) is 1.98. The lowest BCUT2D eigenvalue weighted by Gasteiger charge is -2.32. The Morgan fingerprint density at radius 2 is 1.31 bits per heavy atom. The first-order chi connectivity index (χ1) is 15.5. The van der Waals surface area contributed by atoms with Gasteiger partial charge in [-0.2, -0.15) is 0 Å². The minimum absolute atomic E-state index is 0.252. The van der Waals surface area contributed by atoms with Crippen LogP contribution >= 0.6 is 7.14 Å². The van der Waals surface area contributed by atoms with E-state index in [4.69, 9.17) is 4.74 Å². The number of esters is 1. The molecule has 0 spiro atoms. The van der Waals surface area contributed by atoms with Crippen molar-refractivity contribution in [3.8, 4) is 0 Å². The highest BCUT2D eigenvalue weighted by Crippen LogP contribution is 2.52. The molecule has 1 N–H and O–H groups in total. The highest BCUT2D eigenvalue weighted by atomic mass is 31.2. The first kappa shape index (κ1) is 23.5. The molecule has 3 aromatic carbocycles. The van der Waals surface area contributed by atoms with Gasteiger partial charge < -0.3 is 14.4 Å². The van der Waals surface area contributed by atoms with Crippen LogP contribution in [-0.4, -0.2) is 28.8 Å². The standard InChI is InChI=1S/C26H27O5P/c1-2-3-19-23(24(25(27)28)31-26(29)20-13-7-4-8-14-20)32(30,21-15-9-5-10-16-21)22-17-11-6-12-18-22/h4-18,23-24H,2-3,19H2,1H3,(H,27,28)/t23-,24+/m1/s1. The van der Waals surface area contributed by atoms with Crippen molar-refractivity contribution in [2.24, 2.45) is 0 Å². The monoisotopic (exact) mass is 450 g/mol. The second-order valence-corrected chi connectivity index (χ2v) is 10.6. The number of ether oxygens (including phenoxy) is 1. The van der Waals surface area contributed by atoms with Gasteiger partial charge in [-0.1, -0.05) is 98.6 Å². The first-order valence-electron chi connectivity index (χ1n) is 10.7. The van der Waals surface area contributed by atoms with Crippen molar-refractivity contribution in [3.63, 3.8) is 0 Å². The number of aliphatic carboxylic acids is 1. The van der Waals surface area contributed by atoms with Crippen LogP contribution < -0.4 is 10.6 Å². The molecule has 0 unspecified atom stereocenters. The molecule has 0 amide bonds. The molecule has 0 aromatic heterocycles. The van der Waals surface area contributed by atoms with E-state index in [9.17, 15) is 19.3 Å². The van der Waals surface area contributed by atoms with Crippen molar-refractivity contribution < 1.29 is 24.0 Å². The number of benzene rings is 3. The SMILES string of the molecule is CCCC[C@H]([C@H](OC(=O)c1ccccc1)C(=O)O)P(=O)(c1ccccc1)c1ccccc1. The maximum Gasteiger partial charge on any atom is 0.345 e. The van der Waals surface area contributed by atoms with Crippen LogP contribution in [0.5, 0.6) is 0 Å². The molecular formula is C26H27O5P. The van der Waals surface area contributed by atoms with Gasteiger partial charge in [0, 0.05) is 10.6 Å². The van der Waals surface area contributed by atoms with Crippen molar-refractivity contribution in [2.45, 2.75) is 37.9 Å². The molecule has 0 aliphatic carbocycles. The lowest BCUT2D eigenvalue weighted by molar-refractivity contribution is -0.147. The van der Waals surface area contributed by atoms with Crippen LogP contribution in [0.3, 0.4) is 0 Å². The Hall–Kier alpha value is -3.17. The smallest absolute Gasteiger partial charge is 0.345 e. The normalized spacial score (nSPS) is 13.2. The van der Waals surface area contributed by atoms with Crippen LogP contribution in [0.1, 0.15) is 36.5 Å². The average molecular weight is 450 g/mol. The predicted octanol–water partition coefficient (Wildman–Crippen LogP) is 4.87. The molecule has 3 rings (SSSR count). The maximum absolute atomic E-state index is 14.8. The topological polar surface area (TPSA) is 80.7 Å². The van der Waals surface area contributed by atoms with Crippen molar-refractivity contribution >= 4 is 29.7 Å². The summed E-state index contributed by atoms with van der Waals surface area (Å²) in [6.07, 6.45) is 0.233. The summed E-state index contributed by atoms with van der Waals surface area (Å²) in [5.74, 6) is -2.05. The Bertz CT molecular complexity index is 1020. The summed E-state index contributed by atoms with van der Waals surface area (Å²) in [6, 6.07) is 26.1. The van der Waals surface area contributed by atoms with Gasteiger partial charge in [-0.15, -0.1) is 0 Å². The second-order valence-electron chi connectivity index (χ2n) is 7.57. The average Bonchev–Trinajstić information content (AvgIpc) is 2.84. The Kier molecular flexibility index (Phi) is 8.02. The summed E-state index contributed by atoms with van der Waals surface area (Å²) in [7, 11) is -3.48. The zero-order valence-electron chi connectivity index (χ0n) is 18.0. The van der Waals surface area contributed by atoms with Crippen molar-refractivity contribution in [2.75, 3.05) is 0 Å². The molecule has 166 valence electrons. The van der Waals surface area contributed by atoms with Crippen LogP contribution in [0.25, 0.3) is 0 Å². The summed E-state index contributed by atoms with van der Waals surface area (Å²) in [4.78, 5) is 25.1. The van der Waals surface area contributed by atoms with Gasteiger partial charge in [-0.05, 0) is 18.6 Å². The van der Waals surface area contributed by atoms with Gasteiger partial charge in [0.15, 0.2) is 0 Å². The van der Waals surface area contributed by atoms with Gasteiger partial charge in [0.1, 0.15) is 7.14 Å². The van der Waals surface area contributed by atoms with E-state index in [2.05, 4.69) is 0 Å². The van der Waals surface area contributed by atoms with Crippen LogP contribution in [0.15, 0.2) is 91.0 Å². The molecule has 3 aromatic rings. The zero-order valence-corrected chi connectivity index (χ0v) is 18.9. The molecule has 32 heavy (non-hydrogen) atoms. The summed E-state index contributed by atoms with van der Waals surface area (Å²) >= 11 is 0. The van der Waals surface area contributed by atoms with E-state index in [0.717, 1.165) is 6.42 Å². The van der Waals surface area contributed by atoms with Crippen molar-refractivity contribution in [3.05, 3.63) is 96.6 Å². The highest BCUT2D eigenvalue weighted by Gasteiger charge is 2.46. The Morgan fingerprint density at radius 3 is 1.75 bits per heavy atom. The van der Waals surface area contributed by atoms with Gasteiger partial charge in [0.25, 0.3) is 0 Å². The van der Waals surface area contributed by atoms with Gasteiger partial charge in [-0.25, -0.2) is 9.59 Å². The number of hydrogen-bond donors (Lipinski definition) is 1. The number of carbonyl (C=O) groups is 2. The molecule has 0 aliphatic rings. The minimum Gasteiger partial charge on any atom is -0.478 e. The molecule has 0 heterocycles. The van der Waals surface area contributed by atoms with E-state index in [1.165, 1.54) is 0 Å². The minimum atomic E-state index is -3.48. The van der Waals surface area contributed by atoms with E-state index < -0.39 is 30.8 Å². The third-order valence-electron chi connectivity index (χ3n) is 5.44. The third kappa shape index (κ3) is 5.17. The summed E-state index contributed by atoms with van der Waals surface area (Å²) in [5, 5.41) is 11.2. The molecule has 0 saturated heterocycles. The lowest BCUT2D eigenvalue weighted by Crippen LogP contribution is -2.42. The largest absolute Gasteiger partial charge is 0.478 e. The van der Waals surface area contributed by atoms with Gasteiger partial charge in [0.2, 0.25) is 6.10 Å². The number of carboxylic acids is 1. The van der Waals surface area contributed by atoms with Crippen LogP contribution in [0.4, 0.5) is 0 Å². The quantitative estimate of drug-likeness (QED) is 0.352. The molecule has 0 bridgehead atoms. The van der Waals surface area contributed by atoms with Crippen LogP contribution in [0, 0.1) is 0 Å². The third-order valence-corrected chi connectivity index (χ3v) is 9.03. The summed E-state index contributed by atoms with van der Waals surface area (Å²) < 4.78 is 20.4. The van der Waals surface area contributed by atoms with Gasteiger partial charge >= 0.3 is 11.9 Å². The van der Waals surface area contributed by atoms with Gasteiger partial charge in [0.05, 0.1) is 11.2 Å². The Morgan fingerprint density at radius 1 is 0.844 bits per heavy atom. The van der Waals surface area contributed by atoms with Crippen LogP contribution in [0.2, 0.25) is 0 Å². The molecule has 0 saturated carbocycles. The van der Waals surface area contributed by atoms with E-state index in [1.54, 1.807) is 78.9 Å². The molecule has 0 fully saturated rings. The fourth-order valence-electron chi connectivity index (χ4n) is 3.82. The Labute approximate surface area is 188 Å². The van der Waals surface area contributed by atoms with E-state index in [1.807, 2.05) is 19.1 Å². The Balaban J connectivity index is 2.12. The predicted molar refractivity (Wildman–Crippen MR) is 126 cm³/mol.